The van der Waals surface area contributed by atoms with Crippen molar-refractivity contribution in [3.05, 3.63) is 23.8 Å². The van der Waals surface area contributed by atoms with Gasteiger partial charge in [0, 0.05) is 18.4 Å². The van der Waals surface area contributed by atoms with Gasteiger partial charge in [0.1, 0.15) is 0 Å². The van der Waals surface area contributed by atoms with Crippen molar-refractivity contribution < 1.29 is 19.1 Å². The standard InChI is InChI=1S/C19H30N2O4/c1-13(14-9-10-15(24-5)16(12-14)25-6)21-17(22)8-7-11-20-18(23)19(2,3)4/h9-10,12-13H,7-8,11H2,1-6H3,(H,20,23)(H,21,22). The third-order valence-electron chi connectivity index (χ3n) is 3.83. The number of carbonyl (C=O) groups is 2. The van der Waals surface area contributed by atoms with Gasteiger partial charge in [0.2, 0.25) is 11.8 Å². The first kappa shape index (κ1) is 20.8. The zero-order valence-electron chi connectivity index (χ0n) is 16.1. The van der Waals surface area contributed by atoms with Gasteiger partial charge in [-0.3, -0.25) is 9.59 Å². The summed E-state index contributed by atoms with van der Waals surface area (Å²) in [5.41, 5.74) is 0.525. The molecule has 0 bridgehead atoms. The topological polar surface area (TPSA) is 76.7 Å². The summed E-state index contributed by atoms with van der Waals surface area (Å²) in [6.07, 6.45) is 0.967. The molecule has 6 heteroatoms. The van der Waals surface area contributed by atoms with E-state index in [0.717, 1.165) is 5.56 Å². The second kappa shape index (κ2) is 9.30. The first-order valence-corrected chi connectivity index (χ1v) is 8.48. The van der Waals surface area contributed by atoms with Gasteiger partial charge < -0.3 is 20.1 Å². The summed E-state index contributed by atoms with van der Waals surface area (Å²) in [5, 5.41) is 5.80. The minimum absolute atomic E-state index is 0.00777. The van der Waals surface area contributed by atoms with Gasteiger partial charge in [0.05, 0.1) is 20.3 Å². The van der Waals surface area contributed by atoms with Gasteiger partial charge in [-0.15, -0.1) is 0 Å². The van der Waals surface area contributed by atoms with Crippen LogP contribution in [0.2, 0.25) is 0 Å². The van der Waals surface area contributed by atoms with E-state index >= 15 is 0 Å². The first-order valence-electron chi connectivity index (χ1n) is 8.48. The largest absolute Gasteiger partial charge is 0.493 e. The van der Waals surface area contributed by atoms with Crippen molar-refractivity contribution in [3.8, 4) is 11.5 Å². The highest BCUT2D eigenvalue weighted by Gasteiger charge is 2.20. The van der Waals surface area contributed by atoms with Crippen LogP contribution in [0.1, 0.15) is 52.1 Å². The molecule has 6 nitrogen and oxygen atoms in total. The molecule has 140 valence electrons. The summed E-state index contributed by atoms with van der Waals surface area (Å²) < 4.78 is 10.5. The van der Waals surface area contributed by atoms with Gasteiger partial charge >= 0.3 is 0 Å². The third kappa shape index (κ3) is 6.64. The summed E-state index contributed by atoms with van der Waals surface area (Å²) in [7, 11) is 3.16. The van der Waals surface area contributed by atoms with Gasteiger partial charge in [-0.1, -0.05) is 26.8 Å². The molecule has 0 radical (unpaired) electrons. The number of hydrogen-bond donors (Lipinski definition) is 2. The Bertz CT molecular complexity index is 594. The number of amides is 2. The Morgan fingerprint density at radius 1 is 1.12 bits per heavy atom. The zero-order chi connectivity index (χ0) is 19.0. The molecule has 1 aromatic carbocycles. The summed E-state index contributed by atoms with van der Waals surface area (Å²) in [4.78, 5) is 23.8. The van der Waals surface area contributed by atoms with Crippen LogP contribution in [0.15, 0.2) is 18.2 Å². The molecule has 0 spiro atoms. The molecule has 0 heterocycles. The van der Waals surface area contributed by atoms with E-state index in [-0.39, 0.29) is 17.9 Å². The van der Waals surface area contributed by atoms with Crippen LogP contribution in [0, 0.1) is 5.41 Å². The molecule has 2 amide bonds. The minimum atomic E-state index is -0.413. The maximum atomic E-state index is 12.1. The SMILES string of the molecule is COc1ccc(C(C)NC(=O)CCCNC(=O)C(C)(C)C)cc1OC. The van der Waals surface area contributed by atoms with E-state index in [9.17, 15) is 9.59 Å². The highest BCUT2D eigenvalue weighted by atomic mass is 16.5. The van der Waals surface area contributed by atoms with E-state index in [0.29, 0.717) is 30.9 Å². The lowest BCUT2D eigenvalue weighted by Crippen LogP contribution is -2.36. The van der Waals surface area contributed by atoms with Gasteiger partial charge in [0.25, 0.3) is 0 Å². The van der Waals surface area contributed by atoms with E-state index in [2.05, 4.69) is 10.6 Å². The Kier molecular flexibility index (Phi) is 7.74. The molecule has 1 atom stereocenters. The number of hydrogen-bond acceptors (Lipinski definition) is 4. The maximum Gasteiger partial charge on any atom is 0.225 e. The number of benzene rings is 1. The average molecular weight is 350 g/mol. The van der Waals surface area contributed by atoms with Gasteiger partial charge in [-0.2, -0.15) is 0 Å². The zero-order valence-corrected chi connectivity index (χ0v) is 16.1. The molecule has 1 rings (SSSR count). The molecule has 2 N–H and O–H groups in total. The molecule has 0 aliphatic heterocycles. The predicted molar refractivity (Wildman–Crippen MR) is 97.8 cm³/mol. The van der Waals surface area contributed by atoms with Crippen LogP contribution in [0.5, 0.6) is 11.5 Å². The fraction of sp³-hybridized carbons (Fsp3) is 0.579. The summed E-state index contributed by atoms with van der Waals surface area (Å²) in [5.74, 6) is 1.23. The molecule has 0 aliphatic carbocycles. The van der Waals surface area contributed by atoms with Crippen LogP contribution >= 0.6 is 0 Å². The average Bonchev–Trinajstić information content (AvgIpc) is 2.56. The first-order chi connectivity index (χ1) is 11.7. The van der Waals surface area contributed by atoms with Crippen LogP contribution in [0.3, 0.4) is 0 Å². The Morgan fingerprint density at radius 3 is 2.32 bits per heavy atom. The van der Waals surface area contributed by atoms with Crippen molar-refractivity contribution >= 4 is 11.8 Å². The monoisotopic (exact) mass is 350 g/mol. The number of carbonyl (C=O) groups excluding carboxylic acids is 2. The molecule has 1 unspecified atom stereocenters. The third-order valence-corrected chi connectivity index (χ3v) is 3.83. The number of rotatable bonds is 8. The molecular formula is C19H30N2O4. The van der Waals surface area contributed by atoms with Crippen molar-refractivity contribution in [1.29, 1.82) is 0 Å². The van der Waals surface area contributed by atoms with Crippen LogP contribution < -0.4 is 20.1 Å². The quantitative estimate of drug-likeness (QED) is 0.707. The lowest BCUT2D eigenvalue weighted by atomic mass is 9.96. The fourth-order valence-corrected chi connectivity index (χ4v) is 2.24. The number of ether oxygens (including phenoxy) is 2. The van der Waals surface area contributed by atoms with Gasteiger partial charge in [-0.05, 0) is 31.0 Å². The van der Waals surface area contributed by atoms with Crippen LogP contribution in [0.4, 0.5) is 0 Å². The second-order valence-corrected chi connectivity index (χ2v) is 7.01. The minimum Gasteiger partial charge on any atom is -0.493 e. The highest BCUT2D eigenvalue weighted by molar-refractivity contribution is 5.81. The number of methoxy groups -OCH3 is 2. The highest BCUT2D eigenvalue weighted by Crippen LogP contribution is 2.29. The lowest BCUT2D eigenvalue weighted by Gasteiger charge is -2.18. The molecule has 1 aromatic rings. The molecule has 25 heavy (non-hydrogen) atoms. The molecule has 0 aromatic heterocycles. The van der Waals surface area contributed by atoms with Crippen molar-refractivity contribution in [2.45, 2.75) is 46.6 Å². The fourth-order valence-electron chi connectivity index (χ4n) is 2.24. The van der Waals surface area contributed by atoms with E-state index < -0.39 is 5.41 Å². The number of nitrogens with one attached hydrogen (secondary N) is 2. The van der Waals surface area contributed by atoms with Crippen molar-refractivity contribution in [2.24, 2.45) is 5.41 Å². The summed E-state index contributed by atoms with van der Waals surface area (Å²) in [6.45, 7) is 7.99. The van der Waals surface area contributed by atoms with Crippen molar-refractivity contribution in [3.63, 3.8) is 0 Å². The van der Waals surface area contributed by atoms with Crippen molar-refractivity contribution in [2.75, 3.05) is 20.8 Å². The Hall–Kier alpha value is -2.24. The van der Waals surface area contributed by atoms with Crippen LogP contribution in [0.25, 0.3) is 0 Å². The van der Waals surface area contributed by atoms with E-state index in [4.69, 9.17) is 9.47 Å². The normalized spacial score (nSPS) is 12.2. The summed E-state index contributed by atoms with van der Waals surface area (Å²) in [6, 6.07) is 5.43. The Balaban J connectivity index is 2.45. The molecule has 0 aliphatic rings. The smallest absolute Gasteiger partial charge is 0.225 e. The van der Waals surface area contributed by atoms with E-state index in [1.165, 1.54) is 0 Å². The Morgan fingerprint density at radius 2 is 1.76 bits per heavy atom. The molecule has 0 saturated heterocycles. The summed E-state index contributed by atoms with van der Waals surface area (Å²) >= 11 is 0. The second-order valence-electron chi connectivity index (χ2n) is 7.01. The molecule has 0 fully saturated rings. The predicted octanol–water partition coefficient (Wildman–Crippen LogP) is 2.82. The molecular weight excluding hydrogens is 320 g/mol. The van der Waals surface area contributed by atoms with Gasteiger partial charge in [-0.25, -0.2) is 0 Å². The van der Waals surface area contributed by atoms with Gasteiger partial charge in [0.15, 0.2) is 11.5 Å². The lowest BCUT2D eigenvalue weighted by molar-refractivity contribution is -0.128. The van der Waals surface area contributed by atoms with E-state index in [1.807, 2.05) is 45.9 Å². The molecule has 0 saturated carbocycles. The van der Waals surface area contributed by atoms with Crippen LogP contribution in [-0.4, -0.2) is 32.6 Å². The Labute approximate surface area is 150 Å². The van der Waals surface area contributed by atoms with Crippen molar-refractivity contribution in [1.82, 2.24) is 10.6 Å². The van der Waals surface area contributed by atoms with E-state index in [1.54, 1.807) is 14.2 Å². The maximum absolute atomic E-state index is 12.1. The van der Waals surface area contributed by atoms with Crippen LogP contribution in [-0.2, 0) is 9.59 Å².